The van der Waals surface area contributed by atoms with Gasteiger partial charge >= 0.3 is 5.97 Å². The van der Waals surface area contributed by atoms with Gasteiger partial charge in [0.25, 0.3) is 0 Å². The first-order chi connectivity index (χ1) is 14.6. The Kier molecular flexibility index (Phi) is 11.2. The molecule has 0 aliphatic carbocycles. The van der Waals surface area contributed by atoms with E-state index in [1.165, 1.54) is 50.5 Å². The fourth-order valence-electron chi connectivity index (χ4n) is 3.62. The number of aryl methyl sites for hydroxylation is 1. The lowest BCUT2D eigenvalue weighted by molar-refractivity contribution is -0.134. The summed E-state index contributed by atoms with van der Waals surface area (Å²) in [6, 6.07) is 12.0. The summed E-state index contributed by atoms with van der Waals surface area (Å²) in [6.07, 6.45) is 14.1. The van der Waals surface area contributed by atoms with Crippen molar-refractivity contribution < 1.29 is 9.53 Å². The molecule has 1 heterocycles. The zero-order valence-corrected chi connectivity index (χ0v) is 19.2. The van der Waals surface area contributed by atoms with E-state index in [0.717, 1.165) is 36.4 Å². The molecule has 0 aliphatic rings. The molecule has 0 aliphatic heterocycles. The Bertz CT molecular complexity index is 756. The Morgan fingerprint density at radius 3 is 2.60 bits per heavy atom. The highest BCUT2D eigenvalue weighted by Gasteiger charge is 2.12. The van der Waals surface area contributed by atoms with Gasteiger partial charge < -0.3 is 4.74 Å². The van der Waals surface area contributed by atoms with Crippen molar-refractivity contribution in [3.8, 4) is 17.0 Å². The highest BCUT2D eigenvalue weighted by molar-refractivity contribution is 5.77. The molecule has 0 fully saturated rings. The average molecular weight is 410 g/mol. The Morgan fingerprint density at radius 1 is 1.00 bits per heavy atom. The summed E-state index contributed by atoms with van der Waals surface area (Å²) in [7, 11) is 0. The first kappa shape index (κ1) is 24.1. The third-order valence-corrected chi connectivity index (χ3v) is 5.80. The van der Waals surface area contributed by atoms with E-state index in [9.17, 15) is 4.79 Å². The first-order valence-corrected chi connectivity index (χ1v) is 11.9. The van der Waals surface area contributed by atoms with Crippen LogP contribution in [0.4, 0.5) is 0 Å². The molecule has 3 heteroatoms. The Balaban J connectivity index is 1.94. The number of ether oxygens (including phenoxy) is 1. The van der Waals surface area contributed by atoms with Gasteiger partial charge in [0.2, 0.25) is 0 Å². The second kappa shape index (κ2) is 14.0. The van der Waals surface area contributed by atoms with Crippen molar-refractivity contribution in [1.29, 1.82) is 0 Å². The maximum atomic E-state index is 12.4. The van der Waals surface area contributed by atoms with Gasteiger partial charge in [-0.15, -0.1) is 0 Å². The van der Waals surface area contributed by atoms with Gasteiger partial charge in [0.05, 0.1) is 5.69 Å². The number of carbonyl (C=O) groups is 1. The minimum absolute atomic E-state index is 0.154. The fourth-order valence-corrected chi connectivity index (χ4v) is 3.62. The maximum Gasteiger partial charge on any atom is 0.311 e. The standard InChI is InChI=1S/C27H39NO2/c1-4-6-7-8-9-15-23-19-20-28-25(21-23)24-16-11-12-17-26(24)30-27(29)18-13-10-14-22(3)5-2/h11-12,16-17,19-22H,4-10,13-15,18H2,1-3H3. The predicted octanol–water partition coefficient (Wildman–Crippen LogP) is 7.77. The quantitative estimate of drug-likeness (QED) is 0.182. The van der Waals surface area contributed by atoms with Gasteiger partial charge in [-0.3, -0.25) is 9.78 Å². The number of aromatic nitrogens is 1. The largest absolute Gasteiger partial charge is 0.426 e. The number of pyridine rings is 1. The lowest BCUT2D eigenvalue weighted by atomic mass is 10.0. The molecule has 0 N–H and O–H groups in total. The van der Waals surface area contributed by atoms with Crippen molar-refractivity contribution in [2.45, 2.75) is 91.4 Å². The van der Waals surface area contributed by atoms with E-state index in [1.807, 2.05) is 30.5 Å². The third-order valence-electron chi connectivity index (χ3n) is 5.80. The summed E-state index contributed by atoms with van der Waals surface area (Å²) in [4.78, 5) is 16.9. The Labute approximate surface area is 183 Å². The Morgan fingerprint density at radius 2 is 1.80 bits per heavy atom. The van der Waals surface area contributed by atoms with E-state index < -0.39 is 0 Å². The van der Waals surface area contributed by atoms with Gasteiger partial charge in [-0.25, -0.2) is 0 Å². The minimum atomic E-state index is -0.154. The summed E-state index contributed by atoms with van der Waals surface area (Å²) < 4.78 is 5.72. The molecule has 2 rings (SSSR count). The third kappa shape index (κ3) is 8.69. The van der Waals surface area contributed by atoms with Gasteiger partial charge in [-0.2, -0.15) is 0 Å². The van der Waals surface area contributed by atoms with E-state index in [-0.39, 0.29) is 5.97 Å². The molecule has 1 aromatic heterocycles. The molecule has 30 heavy (non-hydrogen) atoms. The van der Waals surface area contributed by atoms with Gasteiger partial charge in [-0.1, -0.05) is 77.8 Å². The van der Waals surface area contributed by atoms with Crippen LogP contribution in [0.2, 0.25) is 0 Å². The Hall–Kier alpha value is -2.16. The van der Waals surface area contributed by atoms with E-state index in [1.54, 1.807) is 0 Å². The predicted molar refractivity (Wildman–Crippen MR) is 126 cm³/mol. The summed E-state index contributed by atoms with van der Waals surface area (Å²) in [5.74, 6) is 1.18. The van der Waals surface area contributed by atoms with Crippen LogP contribution in [-0.4, -0.2) is 11.0 Å². The van der Waals surface area contributed by atoms with E-state index in [0.29, 0.717) is 12.2 Å². The number of esters is 1. The minimum Gasteiger partial charge on any atom is -0.426 e. The molecule has 0 saturated heterocycles. The van der Waals surface area contributed by atoms with Crippen molar-refractivity contribution in [1.82, 2.24) is 4.98 Å². The molecule has 0 radical (unpaired) electrons. The molecule has 1 unspecified atom stereocenters. The van der Waals surface area contributed by atoms with Crippen LogP contribution in [0.3, 0.4) is 0 Å². The zero-order valence-electron chi connectivity index (χ0n) is 19.2. The van der Waals surface area contributed by atoms with Gasteiger partial charge in [-0.05, 0) is 55.0 Å². The molecule has 1 aromatic carbocycles. The fraction of sp³-hybridized carbons (Fsp3) is 0.556. The highest BCUT2D eigenvalue weighted by Crippen LogP contribution is 2.29. The summed E-state index contributed by atoms with van der Waals surface area (Å²) in [5.41, 5.74) is 3.06. The average Bonchev–Trinajstić information content (AvgIpc) is 2.77. The van der Waals surface area contributed by atoms with Gasteiger partial charge in [0, 0.05) is 18.2 Å². The SMILES string of the molecule is CCCCCCCc1ccnc(-c2ccccc2OC(=O)CCCCC(C)CC)c1. The van der Waals surface area contributed by atoms with Crippen molar-refractivity contribution in [3.63, 3.8) is 0 Å². The molecule has 0 spiro atoms. The van der Waals surface area contributed by atoms with Crippen molar-refractivity contribution >= 4 is 5.97 Å². The van der Waals surface area contributed by atoms with E-state index >= 15 is 0 Å². The number of nitrogens with zero attached hydrogens (tertiary/aromatic N) is 1. The molecular formula is C27H39NO2. The van der Waals surface area contributed by atoms with E-state index in [4.69, 9.17) is 4.74 Å². The first-order valence-electron chi connectivity index (χ1n) is 11.9. The van der Waals surface area contributed by atoms with Crippen LogP contribution in [0.1, 0.15) is 90.5 Å². The monoisotopic (exact) mass is 409 g/mol. The number of benzene rings is 1. The molecule has 0 saturated carbocycles. The molecular weight excluding hydrogens is 370 g/mol. The van der Waals surface area contributed by atoms with E-state index in [2.05, 4.69) is 37.9 Å². The summed E-state index contributed by atoms with van der Waals surface area (Å²) in [6.45, 7) is 6.72. The number of unbranched alkanes of at least 4 members (excludes halogenated alkanes) is 5. The number of hydrogen-bond donors (Lipinski definition) is 0. The van der Waals surface area contributed by atoms with Crippen LogP contribution >= 0.6 is 0 Å². The number of carbonyl (C=O) groups excluding carboxylic acids is 1. The highest BCUT2D eigenvalue weighted by atomic mass is 16.5. The second-order valence-electron chi connectivity index (χ2n) is 8.44. The van der Waals surface area contributed by atoms with Crippen molar-refractivity contribution in [2.24, 2.45) is 5.92 Å². The molecule has 0 amide bonds. The molecule has 3 nitrogen and oxygen atoms in total. The molecule has 0 bridgehead atoms. The van der Waals surface area contributed by atoms with Gasteiger partial charge in [0.1, 0.15) is 5.75 Å². The van der Waals surface area contributed by atoms with Crippen LogP contribution in [0, 0.1) is 5.92 Å². The normalized spacial score (nSPS) is 12.0. The maximum absolute atomic E-state index is 12.4. The number of rotatable bonds is 14. The number of hydrogen-bond acceptors (Lipinski definition) is 3. The van der Waals surface area contributed by atoms with Crippen LogP contribution < -0.4 is 4.74 Å². The lowest BCUT2D eigenvalue weighted by Gasteiger charge is -2.11. The van der Waals surface area contributed by atoms with Crippen molar-refractivity contribution in [3.05, 3.63) is 48.2 Å². The second-order valence-corrected chi connectivity index (χ2v) is 8.44. The summed E-state index contributed by atoms with van der Waals surface area (Å²) in [5, 5.41) is 0. The lowest BCUT2D eigenvalue weighted by Crippen LogP contribution is -2.08. The molecule has 2 aromatic rings. The number of para-hydroxylation sites is 1. The van der Waals surface area contributed by atoms with Gasteiger partial charge in [0.15, 0.2) is 0 Å². The topological polar surface area (TPSA) is 39.2 Å². The van der Waals surface area contributed by atoms with Crippen molar-refractivity contribution in [2.75, 3.05) is 0 Å². The summed E-state index contributed by atoms with van der Waals surface area (Å²) >= 11 is 0. The smallest absolute Gasteiger partial charge is 0.311 e. The van der Waals surface area contributed by atoms with Crippen LogP contribution in [0.15, 0.2) is 42.6 Å². The molecule has 1 atom stereocenters. The van der Waals surface area contributed by atoms with Crippen LogP contribution in [-0.2, 0) is 11.2 Å². The van der Waals surface area contributed by atoms with Crippen LogP contribution in [0.5, 0.6) is 5.75 Å². The molecule has 164 valence electrons. The zero-order chi connectivity index (χ0) is 21.6. The van der Waals surface area contributed by atoms with Crippen LogP contribution in [0.25, 0.3) is 11.3 Å².